The van der Waals surface area contributed by atoms with Gasteiger partial charge in [0.1, 0.15) is 11.5 Å². The Hall–Kier alpha value is -2.88. The molecule has 0 saturated carbocycles. The Morgan fingerprint density at radius 2 is 1.43 bits per heavy atom. The van der Waals surface area contributed by atoms with Crippen LogP contribution >= 0.6 is 0 Å². The molecule has 120 valence electrons. The van der Waals surface area contributed by atoms with Crippen molar-refractivity contribution in [3.8, 4) is 11.5 Å². The second-order valence-electron chi connectivity index (χ2n) is 5.26. The van der Waals surface area contributed by atoms with Gasteiger partial charge in [0, 0.05) is 5.57 Å². The molecule has 23 heavy (non-hydrogen) atoms. The third-order valence-corrected chi connectivity index (χ3v) is 2.53. The van der Waals surface area contributed by atoms with Crippen LogP contribution in [0.3, 0.4) is 0 Å². The topological polar surface area (TPSA) is 52.6 Å². The molecule has 0 fully saturated rings. The minimum Gasteiger partial charge on any atom is -0.429 e. The van der Waals surface area contributed by atoms with Gasteiger partial charge in [0.25, 0.3) is 6.47 Å². The van der Waals surface area contributed by atoms with Crippen molar-refractivity contribution in [1.29, 1.82) is 0 Å². The van der Waals surface area contributed by atoms with Gasteiger partial charge in [-0.25, -0.2) is 4.79 Å². The summed E-state index contributed by atoms with van der Waals surface area (Å²) in [5.41, 5.74) is 1.51. The predicted octanol–water partition coefficient (Wildman–Crippen LogP) is 4.44. The van der Waals surface area contributed by atoms with E-state index in [2.05, 4.69) is 13.2 Å². The van der Waals surface area contributed by atoms with Gasteiger partial charge in [0.2, 0.25) is 0 Å². The molecule has 0 bridgehead atoms. The van der Waals surface area contributed by atoms with E-state index in [1.165, 1.54) is 5.57 Å². The highest BCUT2D eigenvalue weighted by Crippen LogP contribution is 2.25. The number of hydrogen-bond donors (Lipinski definition) is 0. The summed E-state index contributed by atoms with van der Waals surface area (Å²) < 4.78 is 9.90. The van der Waals surface area contributed by atoms with Crippen LogP contribution in [-0.4, -0.2) is 12.4 Å². The average molecular weight is 312 g/mol. The fourth-order valence-corrected chi connectivity index (χ4v) is 1.59. The van der Waals surface area contributed by atoms with Gasteiger partial charge in [-0.15, -0.1) is 6.58 Å². The van der Waals surface area contributed by atoms with Gasteiger partial charge in [-0.05, 0) is 55.8 Å². The van der Waals surface area contributed by atoms with E-state index in [1.54, 1.807) is 43.3 Å². The normalized spacial score (nSPS) is 9.35. The molecule has 0 spiro atoms. The molecule has 0 saturated heterocycles. The van der Waals surface area contributed by atoms with E-state index < -0.39 is 5.97 Å². The van der Waals surface area contributed by atoms with Crippen molar-refractivity contribution in [2.75, 3.05) is 0 Å². The largest absolute Gasteiger partial charge is 0.429 e. The van der Waals surface area contributed by atoms with Crippen LogP contribution in [-0.2, 0) is 9.59 Å². The maximum Gasteiger partial charge on any atom is 0.338 e. The zero-order valence-corrected chi connectivity index (χ0v) is 13.6. The Bertz CT molecular complexity index is 740. The second-order valence-corrected chi connectivity index (χ2v) is 5.26. The zero-order chi connectivity index (χ0) is 17.4. The lowest BCUT2D eigenvalue weighted by Gasteiger charge is -2.06. The summed E-state index contributed by atoms with van der Waals surface area (Å²) in [4.78, 5) is 21.7. The maximum atomic E-state index is 11.4. The Labute approximate surface area is 136 Å². The zero-order valence-electron chi connectivity index (χ0n) is 13.6. The molecule has 0 aliphatic carbocycles. The van der Waals surface area contributed by atoms with E-state index in [9.17, 15) is 9.59 Å². The van der Waals surface area contributed by atoms with E-state index >= 15 is 0 Å². The molecule has 2 aromatic rings. The number of benzene rings is 2. The SMILES string of the molecule is C=C(C)C.C=C(C)C(=O)Oc1ccc2cc(OC=O)ccc2c1. The lowest BCUT2D eigenvalue weighted by Crippen LogP contribution is -2.07. The first kappa shape index (κ1) is 18.2. The molecular formula is C19H20O4. The fraction of sp³-hybridized carbons (Fsp3) is 0.158. The van der Waals surface area contributed by atoms with Crippen LogP contribution in [0.2, 0.25) is 0 Å². The molecule has 0 atom stereocenters. The Balaban J connectivity index is 0.000000593. The number of fused-ring (bicyclic) bond motifs is 1. The van der Waals surface area contributed by atoms with Gasteiger partial charge in [0.05, 0.1) is 0 Å². The Morgan fingerprint density at radius 3 is 1.91 bits per heavy atom. The molecule has 0 aliphatic heterocycles. The predicted molar refractivity (Wildman–Crippen MR) is 91.6 cm³/mol. The highest BCUT2D eigenvalue weighted by Gasteiger charge is 2.06. The number of rotatable bonds is 4. The van der Waals surface area contributed by atoms with Crippen LogP contribution in [0.4, 0.5) is 0 Å². The van der Waals surface area contributed by atoms with Crippen molar-refractivity contribution in [3.05, 3.63) is 60.7 Å². The second kappa shape index (κ2) is 8.54. The monoisotopic (exact) mass is 312 g/mol. The van der Waals surface area contributed by atoms with Crippen molar-refractivity contribution < 1.29 is 19.1 Å². The lowest BCUT2D eigenvalue weighted by atomic mass is 10.1. The molecule has 0 unspecified atom stereocenters. The number of esters is 1. The van der Waals surface area contributed by atoms with Gasteiger partial charge in [-0.3, -0.25) is 4.79 Å². The third kappa shape index (κ3) is 6.18. The van der Waals surface area contributed by atoms with Gasteiger partial charge in [0.15, 0.2) is 0 Å². The van der Waals surface area contributed by atoms with E-state index in [1.807, 2.05) is 13.8 Å². The first-order valence-corrected chi connectivity index (χ1v) is 6.97. The van der Waals surface area contributed by atoms with Crippen molar-refractivity contribution >= 4 is 23.2 Å². The molecule has 0 radical (unpaired) electrons. The summed E-state index contributed by atoms with van der Waals surface area (Å²) in [6.45, 7) is 13.0. The minimum absolute atomic E-state index is 0.342. The third-order valence-electron chi connectivity index (χ3n) is 2.53. The van der Waals surface area contributed by atoms with E-state index in [4.69, 9.17) is 9.47 Å². The molecule has 0 aliphatic rings. The minimum atomic E-state index is -0.458. The highest BCUT2D eigenvalue weighted by atomic mass is 16.5. The van der Waals surface area contributed by atoms with Crippen LogP contribution < -0.4 is 9.47 Å². The summed E-state index contributed by atoms with van der Waals surface area (Å²) in [5.74, 6) is 0.457. The van der Waals surface area contributed by atoms with Crippen LogP contribution in [0.25, 0.3) is 10.8 Å². The van der Waals surface area contributed by atoms with Gasteiger partial charge in [-0.1, -0.05) is 24.3 Å². The number of ether oxygens (including phenoxy) is 2. The summed E-state index contributed by atoms with van der Waals surface area (Å²) in [6, 6.07) is 10.4. The maximum absolute atomic E-state index is 11.4. The molecule has 2 rings (SSSR count). The fourth-order valence-electron chi connectivity index (χ4n) is 1.59. The van der Waals surface area contributed by atoms with Crippen LogP contribution in [0.15, 0.2) is 60.7 Å². The summed E-state index contributed by atoms with van der Waals surface area (Å²) in [6.07, 6.45) is 0. The van der Waals surface area contributed by atoms with E-state index in [-0.39, 0.29) is 0 Å². The standard InChI is InChI=1S/C15H12O4.C4H8/c1-10(2)15(17)19-14-6-4-11-7-13(18-9-16)5-3-12(11)8-14;1-4(2)3/h3-9H,1H2,2H3;1H2,2-3H3. The lowest BCUT2D eigenvalue weighted by molar-refractivity contribution is -0.130. The smallest absolute Gasteiger partial charge is 0.338 e. The van der Waals surface area contributed by atoms with Crippen molar-refractivity contribution in [1.82, 2.24) is 0 Å². The van der Waals surface area contributed by atoms with E-state index in [0.29, 0.717) is 23.5 Å². The molecule has 0 aromatic heterocycles. The van der Waals surface area contributed by atoms with Crippen molar-refractivity contribution in [3.63, 3.8) is 0 Å². The molecule has 0 heterocycles. The average Bonchev–Trinajstić information content (AvgIpc) is 2.47. The number of carbonyl (C=O) groups is 2. The molecule has 2 aromatic carbocycles. The summed E-state index contributed by atoms with van der Waals surface area (Å²) >= 11 is 0. The molecule has 4 nitrogen and oxygen atoms in total. The van der Waals surface area contributed by atoms with Gasteiger partial charge >= 0.3 is 5.97 Å². The van der Waals surface area contributed by atoms with Gasteiger partial charge < -0.3 is 9.47 Å². The Morgan fingerprint density at radius 1 is 0.957 bits per heavy atom. The highest BCUT2D eigenvalue weighted by molar-refractivity contribution is 5.90. The van der Waals surface area contributed by atoms with Crippen LogP contribution in [0.5, 0.6) is 11.5 Å². The quantitative estimate of drug-likeness (QED) is 0.275. The van der Waals surface area contributed by atoms with Crippen LogP contribution in [0, 0.1) is 0 Å². The molecule has 0 N–H and O–H groups in total. The first-order valence-electron chi connectivity index (χ1n) is 6.97. The van der Waals surface area contributed by atoms with Gasteiger partial charge in [-0.2, -0.15) is 0 Å². The number of hydrogen-bond acceptors (Lipinski definition) is 4. The van der Waals surface area contributed by atoms with E-state index in [0.717, 1.165) is 10.8 Å². The summed E-state index contributed by atoms with van der Waals surface area (Å²) in [7, 11) is 0. The molecular weight excluding hydrogens is 292 g/mol. The van der Waals surface area contributed by atoms with Crippen LogP contribution in [0.1, 0.15) is 20.8 Å². The first-order chi connectivity index (χ1) is 10.8. The number of carbonyl (C=O) groups excluding carboxylic acids is 2. The Kier molecular flexibility index (Phi) is 6.74. The number of allylic oxidation sites excluding steroid dienone is 1. The van der Waals surface area contributed by atoms with Crippen molar-refractivity contribution in [2.24, 2.45) is 0 Å². The molecule has 0 amide bonds. The summed E-state index contributed by atoms with van der Waals surface area (Å²) in [5, 5.41) is 1.76. The molecule has 4 heteroatoms. The van der Waals surface area contributed by atoms with Crippen molar-refractivity contribution in [2.45, 2.75) is 20.8 Å².